The van der Waals surface area contributed by atoms with Crippen molar-refractivity contribution in [1.29, 1.82) is 5.26 Å². The van der Waals surface area contributed by atoms with E-state index in [0.29, 0.717) is 11.3 Å². The highest BCUT2D eigenvalue weighted by Gasteiger charge is 2.11. The Bertz CT molecular complexity index is 600. The molecule has 0 fully saturated rings. The number of benzene rings is 2. The van der Waals surface area contributed by atoms with Gasteiger partial charge in [-0.05, 0) is 24.3 Å². The van der Waals surface area contributed by atoms with Gasteiger partial charge in [0.2, 0.25) is 0 Å². The molecule has 0 aliphatic carbocycles. The molecule has 0 aliphatic rings. The first-order valence-corrected chi connectivity index (χ1v) is 5.51. The molecule has 0 atom stereocenters. The molecule has 3 heteroatoms. The van der Waals surface area contributed by atoms with E-state index in [1.165, 1.54) is 0 Å². The van der Waals surface area contributed by atoms with Crippen LogP contribution in [0, 0.1) is 11.3 Å². The van der Waals surface area contributed by atoms with Crippen molar-refractivity contribution in [3.63, 3.8) is 0 Å². The number of para-hydroxylation sites is 1. The zero-order valence-corrected chi connectivity index (χ0v) is 10.3. The lowest BCUT2D eigenvalue weighted by Crippen LogP contribution is -1.92. The van der Waals surface area contributed by atoms with E-state index in [1.54, 1.807) is 26.4 Å². The fourth-order valence-electron chi connectivity index (χ4n) is 1.85. The molecule has 0 saturated carbocycles. The average Bonchev–Trinajstić information content (AvgIpc) is 2.46. The number of nitriles is 1. The second-order valence-electron chi connectivity index (χ2n) is 3.73. The van der Waals surface area contributed by atoms with Crippen molar-refractivity contribution in [2.75, 3.05) is 14.2 Å². The lowest BCUT2D eigenvalue weighted by atomic mass is 10.0. The van der Waals surface area contributed by atoms with Gasteiger partial charge in [0.15, 0.2) is 0 Å². The summed E-state index contributed by atoms with van der Waals surface area (Å²) in [7, 11) is 3.23. The van der Waals surface area contributed by atoms with Gasteiger partial charge in [0.25, 0.3) is 0 Å². The van der Waals surface area contributed by atoms with Gasteiger partial charge >= 0.3 is 0 Å². The molecule has 2 aromatic rings. The number of hydrogen-bond donors (Lipinski definition) is 0. The summed E-state index contributed by atoms with van der Waals surface area (Å²) < 4.78 is 10.7. The number of methoxy groups -OCH3 is 2. The van der Waals surface area contributed by atoms with E-state index in [2.05, 4.69) is 6.07 Å². The van der Waals surface area contributed by atoms with Gasteiger partial charge in [-0.15, -0.1) is 0 Å². The lowest BCUT2D eigenvalue weighted by molar-refractivity contribution is 0.410. The summed E-state index contributed by atoms with van der Waals surface area (Å²) in [6.07, 6.45) is 0. The summed E-state index contributed by atoms with van der Waals surface area (Å²) in [5, 5.41) is 8.89. The molecular weight excluding hydrogens is 226 g/mol. The van der Waals surface area contributed by atoms with Crippen LogP contribution in [0.1, 0.15) is 5.56 Å². The Kier molecular flexibility index (Phi) is 3.49. The van der Waals surface area contributed by atoms with E-state index < -0.39 is 0 Å². The van der Waals surface area contributed by atoms with E-state index in [1.807, 2.05) is 30.3 Å². The molecule has 0 unspecified atom stereocenters. The molecule has 3 nitrogen and oxygen atoms in total. The molecule has 0 spiro atoms. The van der Waals surface area contributed by atoms with Crippen molar-refractivity contribution >= 4 is 0 Å². The Morgan fingerprint density at radius 3 is 2.22 bits per heavy atom. The summed E-state index contributed by atoms with van der Waals surface area (Å²) in [6.45, 7) is 0. The zero-order chi connectivity index (χ0) is 13.0. The molecule has 0 amide bonds. The van der Waals surface area contributed by atoms with Crippen LogP contribution >= 0.6 is 0 Å². The van der Waals surface area contributed by atoms with Crippen LogP contribution < -0.4 is 9.47 Å². The molecule has 2 aromatic carbocycles. The van der Waals surface area contributed by atoms with Crippen molar-refractivity contribution in [1.82, 2.24) is 0 Å². The van der Waals surface area contributed by atoms with E-state index in [9.17, 15) is 0 Å². The Morgan fingerprint density at radius 1 is 0.889 bits per heavy atom. The maximum atomic E-state index is 8.89. The Morgan fingerprint density at radius 2 is 1.56 bits per heavy atom. The smallest absolute Gasteiger partial charge is 0.128 e. The summed E-state index contributed by atoms with van der Waals surface area (Å²) in [6, 6.07) is 15.2. The fraction of sp³-hybridized carbons (Fsp3) is 0.133. The standard InChI is InChI=1S/C15H13NO2/c1-17-14-6-4-3-5-12(14)13-8-7-11(10-16)9-15(13)18-2/h3-9H,1-2H3. The van der Waals surface area contributed by atoms with Gasteiger partial charge in [0, 0.05) is 11.1 Å². The van der Waals surface area contributed by atoms with Crippen LogP contribution in [0.3, 0.4) is 0 Å². The zero-order valence-electron chi connectivity index (χ0n) is 10.3. The van der Waals surface area contributed by atoms with Gasteiger partial charge in [0.05, 0.1) is 25.9 Å². The van der Waals surface area contributed by atoms with E-state index in [0.717, 1.165) is 16.9 Å². The molecule has 0 aromatic heterocycles. The predicted molar refractivity (Wildman–Crippen MR) is 69.7 cm³/mol. The van der Waals surface area contributed by atoms with E-state index in [4.69, 9.17) is 14.7 Å². The van der Waals surface area contributed by atoms with Crippen LogP contribution in [0.25, 0.3) is 11.1 Å². The highest BCUT2D eigenvalue weighted by molar-refractivity contribution is 5.76. The molecule has 0 heterocycles. The monoisotopic (exact) mass is 239 g/mol. The van der Waals surface area contributed by atoms with Crippen molar-refractivity contribution in [2.24, 2.45) is 0 Å². The minimum Gasteiger partial charge on any atom is -0.496 e. The maximum absolute atomic E-state index is 8.89. The van der Waals surface area contributed by atoms with Gasteiger partial charge in [-0.3, -0.25) is 0 Å². The van der Waals surface area contributed by atoms with Crippen molar-refractivity contribution < 1.29 is 9.47 Å². The minimum atomic E-state index is 0.575. The fourth-order valence-corrected chi connectivity index (χ4v) is 1.85. The van der Waals surface area contributed by atoms with Gasteiger partial charge in [0.1, 0.15) is 11.5 Å². The summed E-state index contributed by atoms with van der Waals surface area (Å²) in [4.78, 5) is 0. The van der Waals surface area contributed by atoms with Crippen molar-refractivity contribution in [3.05, 3.63) is 48.0 Å². The van der Waals surface area contributed by atoms with E-state index >= 15 is 0 Å². The minimum absolute atomic E-state index is 0.575. The Balaban J connectivity index is 2.60. The lowest BCUT2D eigenvalue weighted by Gasteiger charge is -2.12. The maximum Gasteiger partial charge on any atom is 0.128 e. The number of nitrogens with zero attached hydrogens (tertiary/aromatic N) is 1. The molecule has 0 radical (unpaired) electrons. The SMILES string of the molecule is COc1ccccc1-c1ccc(C#N)cc1OC. The third-order valence-electron chi connectivity index (χ3n) is 2.73. The van der Waals surface area contributed by atoms with Crippen LogP contribution in [-0.4, -0.2) is 14.2 Å². The molecule has 2 rings (SSSR count). The number of hydrogen-bond acceptors (Lipinski definition) is 3. The third kappa shape index (κ3) is 2.14. The van der Waals surface area contributed by atoms with Crippen molar-refractivity contribution in [3.8, 4) is 28.7 Å². The molecule has 18 heavy (non-hydrogen) atoms. The topological polar surface area (TPSA) is 42.2 Å². The third-order valence-corrected chi connectivity index (χ3v) is 2.73. The van der Waals surface area contributed by atoms with Crippen molar-refractivity contribution in [2.45, 2.75) is 0 Å². The van der Waals surface area contributed by atoms with Crippen LogP contribution in [0.2, 0.25) is 0 Å². The van der Waals surface area contributed by atoms with E-state index in [-0.39, 0.29) is 0 Å². The Hall–Kier alpha value is -2.47. The first-order chi connectivity index (χ1) is 8.80. The molecule has 0 aliphatic heterocycles. The van der Waals surface area contributed by atoms with Crippen LogP contribution in [0.4, 0.5) is 0 Å². The summed E-state index contributed by atoms with van der Waals surface area (Å²) >= 11 is 0. The second-order valence-corrected chi connectivity index (χ2v) is 3.73. The van der Waals surface area contributed by atoms with Gasteiger partial charge < -0.3 is 9.47 Å². The van der Waals surface area contributed by atoms with Gasteiger partial charge in [-0.25, -0.2) is 0 Å². The normalized spacial score (nSPS) is 9.61. The highest BCUT2D eigenvalue weighted by atomic mass is 16.5. The first-order valence-electron chi connectivity index (χ1n) is 5.51. The predicted octanol–water partition coefficient (Wildman–Crippen LogP) is 3.24. The Labute approximate surface area is 106 Å². The molecule has 0 N–H and O–H groups in total. The molecule has 0 bridgehead atoms. The molecule has 0 saturated heterocycles. The van der Waals surface area contributed by atoms with Gasteiger partial charge in [-0.2, -0.15) is 5.26 Å². The quantitative estimate of drug-likeness (QED) is 0.825. The summed E-state index contributed by atoms with van der Waals surface area (Å²) in [5.74, 6) is 1.44. The number of ether oxygens (including phenoxy) is 2. The highest BCUT2D eigenvalue weighted by Crippen LogP contribution is 2.36. The largest absolute Gasteiger partial charge is 0.496 e. The average molecular weight is 239 g/mol. The molecule has 90 valence electrons. The van der Waals surface area contributed by atoms with Gasteiger partial charge in [-0.1, -0.05) is 18.2 Å². The first kappa shape index (κ1) is 12.0. The summed E-state index contributed by atoms with van der Waals surface area (Å²) in [5.41, 5.74) is 2.43. The van der Waals surface area contributed by atoms with Crippen LogP contribution in [0.15, 0.2) is 42.5 Å². The second kappa shape index (κ2) is 5.24. The van der Waals surface area contributed by atoms with Crippen LogP contribution in [-0.2, 0) is 0 Å². The van der Waals surface area contributed by atoms with Crippen LogP contribution in [0.5, 0.6) is 11.5 Å². The molecular formula is C15H13NO2. The number of rotatable bonds is 3.